The summed E-state index contributed by atoms with van der Waals surface area (Å²) in [6, 6.07) is 6.74. The maximum Gasteiger partial charge on any atom is 0.253 e. The molecule has 1 unspecified atom stereocenters. The number of anilines is 1. The van der Waals surface area contributed by atoms with E-state index in [1.54, 1.807) is 6.20 Å². The monoisotopic (exact) mass is 382 g/mol. The number of methoxy groups -OCH3 is 1. The van der Waals surface area contributed by atoms with E-state index in [9.17, 15) is 9.18 Å². The number of pyridine rings is 1. The van der Waals surface area contributed by atoms with Crippen LogP contribution in [0.25, 0.3) is 11.4 Å². The number of H-pyrrole nitrogens is 1. The van der Waals surface area contributed by atoms with Crippen molar-refractivity contribution in [2.45, 2.75) is 12.5 Å². The second-order valence-electron chi connectivity index (χ2n) is 6.45. The third-order valence-corrected chi connectivity index (χ3v) is 4.59. The summed E-state index contributed by atoms with van der Waals surface area (Å²) in [4.78, 5) is 30.3. The molecule has 3 aromatic rings. The molecule has 0 aromatic carbocycles. The van der Waals surface area contributed by atoms with E-state index >= 15 is 0 Å². The molecule has 1 atom stereocenters. The van der Waals surface area contributed by atoms with Gasteiger partial charge in [-0.2, -0.15) is 0 Å². The van der Waals surface area contributed by atoms with Crippen molar-refractivity contribution in [2.75, 3.05) is 25.1 Å². The number of ether oxygens (including phenoxy) is 1. The van der Waals surface area contributed by atoms with Crippen molar-refractivity contribution >= 4 is 11.9 Å². The molecular weight excluding hydrogens is 363 g/mol. The Morgan fingerprint density at radius 2 is 2.29 bits per heavy atom. The highest BCUT2D eigenvalue weighted by Crippen LogP contribution is 2.21. The standard InChI is InChI=1S/C19H19FN6O2/c1-28-18-14(20)9-12(10-23-18)17(27)24-13-5-8-26(11-13)19-22-7-4-16(25-19)15-3-2-6-21-15/h2-4,6-7,9-10,13,21H,5,8,11H2,1H3,(H,24,27). The number of carbonyl (C=O) groups is 1. The molecule has 1 fully saturated rings. The quantitative estimate of drug-likeness (QED) is 0.701. The molecule has 1 saturated heterocycles. The number of aromatic amines is 1. The lowest BCUT2D eigenvalue weighted by atomic mass is 10.2. The van der Waals surface area contributed by atoms with Gasteiger partial charge in [0, 0.05) is 37.7 Å². The molecule has 1 aliphatic rings. The summed E-state index contributed by atoms with van der Waals surface area (Å²) >= 11 is 0. The minimum atomic E-state index is -0.669. The first-order chi connectivity index (χ1) is 13.6. The lowest BCUT2D eigenvalue weighted by Gasteiger charge is -2.17. The lowest BCUT2D eigenvalue weighted by molar-refractivity contribution is 0.0939. The third kappa shape index (κ3) is 3.64. The zero-order valence-corrected chi connectivity index (χ0v) is 15.2. The van der Waals surface area contributed by atoms with Crippen LogP contribution in [0.5, 0.6) is 5.88 Å². The summed E-state index contributed by atoms with van der Waals surface area (Å²) in [6.45, 7) is 1.29. The van der Waals surface area contributed by atoms with Gasteiger partial charge in [-0.05, 0) is 30.7 Å². The van der Waals surface area contributed by atoms with Crippen LogP contribution in [0.1, 0.15) is 16.8 Å². The Balaban J connectivity index is 1.41. The molecule has 0 bridgehead atoms. The molecule has 0 saturated carbocycles. The van der Waals surface area contributed by atoms with E-state index in [0.29, 0.717) is 19.0 Å². The van der Waals surface area contributed by atoms with E-state index in [-0.39, 0.29) is 23.4 Å². The van der Waals surface area contributed by atoms with E-state index in [0.717, 1.165) is 23.9 Å². The Morgan fingerprint density at radius 3 is 3.04 bits per heavy atom. The van der Waals surface area contributed by atoms with Gasteiger partial charge in [0.1, 0.15) is 0 Å². The topological polar surface area (TPSA) is 96.0 Å². The highest BCUT2D eigenvalue weighted by molar-refractivity contribution is 5.94. The minimum absolute atomic E-state index is 0.0876. The number of nitrogens with zero attached hydrogens (tertiary/aromatic N) is 4. The average molecular weight is 382 g/mol. The van der Waals surface area contributed by atoms with Crippen LogP contribution in [0, 0.1) is 5.82 Å². The van der Waals surface area contributed by atoms with Crippen LogP contribution in [0.4, 0.5) is 10.3 Å². The lowest BCUT2D eigenvalue weighted by Crippen LogP contribution is -2.37. The first-order valence-corrected chi connectivity index (χ1v) is 8.86. The Hall–Kier alpha value is -3.49. The third-order valence-electron chi connectivity index (χ3n) is 4.59. The van der Waals surface area contributed by atoms with Crippen LogP contribution in [-0.2, 0) is 0 Å². The van der Waals surface area contributed by atoms with E-state index in [4.69, 9.17) is 4.74 Å². The fourth-order valence-electron chi connectivity index (χ4n) is 3.17. The molecule has 0 radical (unpaired) electrons. The summed E-state index contributed by atoms with van der Waals surface area (Å²) in [5, 5.41) is 2.91. The number of rotatable bonds is 5. The Bertz CT molecular complexity index is 978. The van der Waals surface area contributed by atoms with Crippen LogP contribution in [0.15, 0.2) is 42.9 Å². The number of nitrogens with one attached hydrogen (secondary N) is 2. The molecule has 0 spiro atoms. The van der Waals surface area contributed by atoms with Crippen molar-refractivity contribution in [1.29, 1.82) is 0 Å². The molecule has 1 amide bonds. The number of halogens is 1. The van der Waals surface area contributed by atoms with Gasteiger partial charge in [-0.25, -0.2) is 19.3 Å². The van der Waals surface area contributed by atoms with E-state index in [2.05, 4.69) is 25.3 Å². The van der Waals surface area contributed by atoms with Crippen LogP contribution in [-0.4, -0.2) is 52.1 Å². The van der Waals surface area contributed by atoms with Gasteiger partial charge < -0.3 is 19.9 Å². The molecule has 3 aromatic heterocycles. The van der Waals surface area contributed by atoms with Gasteiger partial charge in [-0.15, -0.1) is 0 Å². The van der Waals surface area contributed by atoms with Gasteiger partial charge in [0.05, 0.1) is 24.1 Å². The normalized spacial score (nSPS) is 16.2. The van der Waals surface area contributed by atoms with Crippen LogP contribution < -0.4 is 15.0 Å². The molecule has 8 nitrogen and oxygen atoms in total. The fourth-order valence-corrected chi connectivity index (χ4v) is 3.17. The summed E-state index contributed by atoms with van der Waals surface area (Å²) in [5.41, 5.74) is 1.88. The van der Waals surface area contributed by atoms with E-state index in [1.165, 1.54) is 13.3 Å². The smallest absolute Gasteiger partial charge is 0.253 e. The first kappa shape index (κ1) is 17.9. The largest absolute Gasteiger partial charge is 0.479 e. The highest BCUT2D eigenvalue weighted by Gasteiger charge is 2.26. The highest BCUT2D eigenvalue weighted by atomic mass is 19.1. The molecule has 4 rings (SSSR count). The van der Waals surface area contributed by atoms with Crippen molar-refractivity contribution in [2.24, 2.45) is 0 Å². The summed E-state index contributed by atoms with van der Waals surface area (Å²) < 4.78 is 18.5. The SMILES string of the molecule is COc1ncc(C(=O)NC2CCN(c3nccc(-c4ccc[nH]4)n3)C2)cc1F. The number of hydrogen-bond donors (Lipinski definition) is 2. The van der Waals surface area contributed by atoms with Crippen molar-refractivity contribution in [3.05, 3.63) is 54.2 Å². The van der Waals surface area contributed by atoms with Gasteiger partial charge in [0.25, 0.3) is 5.91 Å². The molecular formula is C19H19FN6O2. The zero-order valence-electron chi connectivity index (χ0n) is 15.2. The Labute approximate surface area is 160 Å². The summed E-state index contributed by atoms with van der Waals surface area (Å²) in [7, 11) is 1.32. The van der Waals surface area contributed by atoms with Crippen LogP contribution in [0.2, 0.25) is 0 Å². The van der Waals surface area contributed by atoms with Gasteiger partial charge >= 0.3 is 0 Å². The predicted molar refractivity (Wildman–Crippen MR) is 101 cm³/mol. The number of aromatic nitrogens is 4. The molecule has 1 aliphatic heterocycles. The fraction of sp³-hybridized carbons (Fsp3) is 0.263. The number of carbonyl (C=O) groups excluding carboxylic acids is 1. The molecule has 0 aliphatic carbocycles. The van der Waals surface area contributed by atoms with Crippen molar-refractivity contribution in [3.63, 3.8) is 0 Å². The van der Waals surface area contributed by atoms with Gasteiger partial charge in [0.2, 0.25) is 11.8 Å². The molecule has 4 heterocycles. The minimum Gasteiger partial charge on any atom is -0.479 e. The van der Waals surface area contributed by atoms with Crippen LogP contribution in [0.3, 0.4) is 0 Å². The predicted octanol–water partition coefficient (Wildman–Crippen LogP) is 2.02. The first-order valence-electron chi connectivity index (χ1n) is 8.86. The van der Waals surface area contributed by atoms with E-state index < -0.39 is 5.82 Å². The van der Waals surface area contributed by atoms with Gasteiger partial charge in [0.15, 0.2) is 5.82 Å². The second kappa shape index (κ2) is 7.63. The van der Waals surface area contributed by atoms with Crippen molar-refractivity contribution in [3.8, 4) is 17.3 Å². The summed E-state index contributed by atoms with van der Waals surface area (Å²) in [5.74, 6) is -0.566. The molecule has 28 heavy (non-hydrogen) atoms. The van der Waals surface area contributed by atoms with Gasteiger partial charge in [-0.1, -0.05) is 0 Å². The van der Waals surface area contributed by atoms with Crippen LogP contribution >= 0.6 is 0 Å². The maximum absolute atomic E-state index is 13.8. The molecule has 144 valence electrons. The Kier molecular flexibility index (Phi) is 4.88. The summed E-state index contributed by atoms with van der Waals surface area (Å²) in [6.07, 6.45) is 5.60. The molecule has 2 N–H and O–H groups in total. The van der Waals surface area contributed by atoms with Gasteiger partial charge in [-0.3, -0.25) is 4.79 Å². The average Bonchev–Trinajstić information content (AvgIpc) is 3.40. The van der Waals surface area contributed by atoms with Crippen molar-refractivity contribution in [1.82, 2.24) is 25.3 Å². The Morgan fingerprint density at radius 1 is 1.39 bits per heavy atom. The van der Waals surface area contributed by atoms with E-state index in [1.807, 2.05) is 29.3 Å². The molecule has 9 heteroatoms. The second-order valence-corrected chi connectivity index (χ2v) is 6.45. The number of hydrogen-bond acceptors (Lipinski definition) is 6. The maximum atomic E-state index is 13.8. The number of amides is 1. The zero-order chi connectivity index (χ0) is 19.5. The van der Waals surface area contributed by atoms with Crippen molar-refractivity contribution < 1.29 is 13.9 Å².